The highest BCUT2D eigenvalue weighted by atomic mass is 32.2. The normalized spacial score (nSPS) is 17.9. The van der Waals surface area contributed by atoms with Crippen molar-refractivity contribution in [3.05, 3.63) is 53.6 Å². The first-order chi connectivity index (χ1) is 14.8. The number of nitrogens with zero attached hydrogens (tertiary/aromatic N) is 1. The van der Waals surface area contributed by atoms with E-state index >= 15 is 0 Å². The van der Waals surface area contributed by atoms with Crippen LogP contribution in [0.3, 0.4) is 0 Å². The first-order valence-electron chi connectivity index (χ1n) is 9.82. The second-order valence-corrected chi connectivity index (χ2v) is 8.30. The Balaban J connectivity index is 1.85. The lowest BCUT2D eigenvalue weighted by Crippen LogP contribution is -2.45. The molecule has 0 spiro atoms. The molecule has 0 saturated carbocycles. The lowest BCUT2D eigenvalue weighted by Gasteiger charge is -2.25. The molecule has 9 heteroatoms. The van der Waals surface area contributed by atoms with Crippen LogP contribution in [0.1, 0.15) is 42.1 Å². The molecule has 8 nitrogen and oxygen atoms in total. The maximum absolute atomic E-state index is 13.1. The van der Waals surface area contributed by atoms with E-state index in [1.165, 1.54) is 23.7 Å². The van der Waals surface area contributed by atoms with Crippen molar-refractivity contribution in [2.75, 3.05) is 19.0 Å². The van der Waals surface area contributed by atoms with Crippen molar-refractivity contribution < 1.29 is 23.9 Å². The molecule has 0 aliphatic carbocycles. The van der Waals surface area contributed by atoms with Gasteiger partial charge in [0.1, 0.15) is 16.9 Å². The number of nitrogens with one attached hydrogen (secondary N) is 2. The maximum atomic E-state index is 13.1. The number of hydrazine groups is 1. The van der Waals surface area contributed by atoms with E-state index in [0.717, 1.165) is 5.56 Å². The summed E-state index contributed by atoms with van der Waals surface area (Å²) >= 11 is 1.45. The van der Waals surface area contributed by atoms with Crippen LogP contribution < -0.4 is 20.2 Å². The molecule has 0 aromatic heterocycles. The van der Waals surface area contributed by atoms with E-state index in [2.05, 4.69) is 10.7 Å². The van der Waals surface area contributed by atoms with Crippen molar-refractivity contribution in [2.45, 2.75) is 31.4 Å². The van der Waals surface area contributed by atoms with Gasteiger partial charge in [0.25, 0.3) is 11.8 Å². The number of hydrogen-bond acceptors (Lipinski definition) is 6. The van der Waals surface area contributed by atoms with Gasteiger partial charge in [-0.25, -0.2) is 5.01 Å². The lowest BCUT2D eigenvalue weighted by molar-refractivity contribution is -0.132. The molecule has 2 atom stereocenters. The fourth-order valence-corrected chi connectivity index (χ4v) is 4.38. The molecule has 2 aromatic carbocycles. The van der Waals surface area contributed by atoms with Crippen LogP contribution in [0.15, 0.2) is 42.5 Å². The molecule has 3 amide bonds. The zero-order chi connectivity index (χ0) is 22.5. The van der Waals surface area contributed by atoms with Crippen molar-refractivity contribution in [1.29, 1.82) is 0 Å². The van der Waals surface area contributed by atoms with E-state index in [4.69, 9.17) is 9.47 Å². The van der Waals surface area contributed by atoms with Crippen LogP contribution in [0, 0.1) is 0 Å². The molecule has 1 saturated heterocycles. The van der Waals surface area contributed by atoms with Crippen LogP contribution in [-0.2, 0) is 9.59 Å². The minimum Gasteiger partial charge on any atom is -0.497 e. The first-order valence-corrected chi connectivity index (χ1v) is 10.8. The summed E-state index contributed by atoms with van der Waals surface area (Å²) in [5, 5.41) is 3.35. The van der Waals surface area contributed by atoms with Gasteiger partial charge in [-0.15, -0.1) is 11.8 Å². The summed E-state index contributed by atoms with van der Waals surface area (Å²) < 4.78 is 10.8. The smallest absolute Gasteiger partial charge is 0.273 e. The van der Waals surface area contributed by atoms with E-state index < -0.39 is 5.91 Å². The van der Waals surface area contributed by atoms with E-state index in [-0.39, 0.29) is 28.0 Å². The monoisotopic (exact) mass is 443 g/mol. The average molecular weight is 444 g/mol. The number of benzene rings is 2. The van der Waals surface area contributed by atoms with Gasteiger partial charge in [0.2, 0.25) is 5.91 Å². The van der Waals surface area contributed by atoms with E-state index in [0.29, 0.717) is 23.8 Å². The Bertz CT molecular complexity index is 980. The van der Waals surface area contributed by atoms with Crippen LogP contribution in [0.25, 0.3) is 0 Å². The minimum atomic E-state index is -0.473. The van der Waals surface area contributed by atoms with Gasteiger partial charge in [-0.3, -0.25) is 19.8 Å². The minimum absolute atomic E-state index is 0.188. The Kier molecular flexibility index (Phi) is 7.06. The molecule has 1 aliphatic heterocycles. The molecule has 2 N–H and O–H groups in total. The highest BCUT2D eigenvalue weighted by molar-refractivity contribution is 8.01. The summed E-state index contributed by atoms with van der Waals surface area (Å²) in [5.74, 6) is 0.143. The van der Waals surface area contributed by atoms with Crippen molar-refractivity contribution in [2.24, 2.45) is 0 Å². The molecule has 3 rings (SSSR count). The predicted molar refractivity (Wildman–Crippen MR) is 119 cm³/mol. The van der Waals surface area contributed by atoms with Gasteiger partial charge in [0.05, 0.1) is 24.5 Å². The Labute approximate surface area is 185 Å². The fraction of sp³-hybridized carbons (Fsp3) is 0.318. The second-order valence-electron chi connectivity index (χ2n) is 6.88. The summed E-state index contributed by atoms with van der Waals surface area (Å²) in [6.07, 6.45) is 0. The number of thioether (sulfide) groups is 1. The summed E-state index contributed by atoms with van der Waals surface area (Å²) in [4.78, 5) is 37.1. The first kappa shape index (κ1) is 22.5. The second kappa shape index (κ2) is 9.74. The standard InChI is InChI=1S/C22H25N3O5S/c1-5-30-19-12-16(23-14(3)26)8-11-18(19)20(27)24-25-21(28)13(2)31-22(25)15-6-9-17(29-4)10-7-15/h6-13,22H,5H2,1-4H3,(H,23,26)(H,24,27). The third-order valence-corrected chi connectivity index (χ3v) is 5.97. The molecule has 164 valence electrons. The van der Waals surface area contributed by atoms with Crippen LogP contribution in [0.5, 0.6) is 11.5 Å². The third kappa shape index (κ3) is 5.11. The van der Waals surface area contributed by atoms with Gasteiger partial charge >= 0.3 is 0 Å². The number of rotatable bonds is 7. The molecule has 1 heterocycles. The number of carbonyl (C=O) groups is 3. The van der Waals surface area contributed by atoms with E-state index in [9.17, 15) is 14.4 Å². The van der Waals surface area contributed by atoms with Crippen molar-refractivity contribution >= 4 is 35.2 Å². The summed E-state index contributed by atoms with van der Waals surface area (Å²) in [6, 6.07) is 12.1. The van der Waals surface area contributed by atoms with Crippen LogP contribution >= 0.6 is 11.8 Å². The van der Waals surface area contributed by atoms with Gasteiger partial charge in [0.15, 0.2) is 0 Å². The molecule has 2 aromatic rings. The van der Waals surface area contributed by atoms with Gasteiger partial charge in [-0.2, -0.15) is 0 Å². The van der Waals surface area contributed by atoms with E-state index in [1.807, 2.05) is 31.2 Å². The molecule has 1 fully saturated rings. The SMILES string of the molecule is CCOc1cc(NC(C)=O)ccc1C(=O)NN1C(=O)C(C)SC1c1ccc(OC)cc1. The highest BCUT2D eigenvalue weighted by Gasteiger charge is 2.40. The Hall–Kier alpha value is -3.20. The number of ether oxygens (including phenoxy) is 2. The van der Waals surface area contributed by atoms with Crippen LogP contribution in [0.2, 0.25) is 0 Å². The molecule has 1 aliphatic rings. The summed E-state index contributed by atoms with van der Waals surface area (Å²) in [7, 11) is 1.59. The van der Waals surface area contributed by atoms with Gasteiger partial charge in [0, 0.05) is 18.7 Å². The molecule has 0 bridgehead atoms. The number of methoxy groups -OCH3 is 1. The quantitative estimate of drug-likeness (QED) is 0.681. The predicted octanol–water partition coefficient (Wildman–Crippen LogP) is 3.36. The number of anilines is 1. The van der Waals surface area contributed by atoms with Crippen molar-refractivity contribution in [3.8, 4) is 11.5 Å². The van der Waals surface area contributed by atoms with Gasteiger partial charge in [-0.1, -0.05) is 12.1 Å². The Morgan fingerprint density at radius 2 is 1.87 bits per heavy atom. The molecule has 0 radical (unpaired) electrons. The summed E-state index contributed by atoms with van der Waals surface area (Å²) in [6.45, 7) is 5.35. The molecular formula is C22H25N3O5S. The number of hydrogen-bond donors (Lipinski definition) is 2. The van der Waals surface area contributed by atoms with Crippen LogP contribution in [0.4, 0.5) is 5.69 Å². The number of carbonyl (C=O) groups excluding carboxylic acids is 3. The maximum Gasteiger partial charge on any atom is 0.273 e. The van der Waals surface area contributed by atoms with Gasteiger partial charge < -0.3 is 14.8 Å². The molecule has 31 heavy (non-hydrogen) atoms. The molecule has 2 unspecified atom stereocenters. The topological polar surface area (TPSA) is 97.0 Å². The highest BCUT2D eigenvalue weighted by Crippen LogP contribution is 2.42. The van der Waals surface area contributed by atoms with Gasteiger partial charge in [-0.05, 0) is 43.7 Å². The van der Waals surface area contributed by atoms with Crippen molar-refractivity contribution in [3.63, 3.8) is 0 Å². The van der Waals surface area contributed by atoms with Crippen molar-refractivity contribution in [1.82, 2.24) is 10.4 Å². The van der Waals surface area contributed by atoms with E-state index in [1.54, 1.807) is 32.2 Å². The lowest BCUT2D eigenvalue weighted by atomic mass is 10.1. The largest absolute Gasteiger partial charge is 0.497 e. The zero-order valence-corrected chi connectivity index (χ0v) is 18.6. The third-order valence-electron chi connectivity index (χ3n) is 4.62. The average Bonchev–Trinajstić information content (AvgIpc) is 3.02. The molecular weight excluding hydrogens is 418 g/mol. The van der Waals surface area contributed by atoms with Crippen LogP contribution in [-0.4, -0.2) is 41.7 Å². The Morgan fingerprint density at radius 1 is 1.16 bits per heavy atom. The Morgan fingerprint density at radius 3 is 2.48 bits per heavy atom. The summed E-state index contributed by atoms with van der Waals surface area (Å²) in [5.41, 5.74) is 4.39. The number of amides is 3. The fourth-order valence-electron chi connectivity index (χ4n) is 3.17. The zero-order valence-electron chi connectivity index (χ0n) is 17.8.